The molecule has 110 valence electrons. The molecule has 0 N–H and O–H groups in total. The van der Waals surface area contributed by atoms with Crippen LogP contribution in [0.2, 0.25) is 0 Å². The summed E-state index contributed by atoms with van der Waals surface area (Å²) in [7, 11) is 0. The summed E-state index contributed by atoms with van der Waals surface area (Å²) < 4.78 is 9.71. The summed E-state index contributed by atoms with van der Waals surface area (Å²) in [6.45, 7) is 2.78. The number of hydrogen-bond acceptors (Lipinski definition) is 5. The number of carbonyl (C=O) groups excluding carboxylic acids is 1. The summed E-state index contributed by atoms with van der Waals surface area (Å²) in [5, 5.41) is 3.75. The number of rotatable bonds is 5. The molecule has 0 radical (unpaired) electrons. The van der Waals surface area contributed by atoms with Crippen LogP contribution < -0.4 is 0 Å². The Morgan fingerprint density at radius 2 is 2.29 bits per heavy atom. The first kappa shape index (κ1) is 13.0. The average molecular weight is 303 g/mol. The van der Waals surface area contributed by atoms with Crippen molar-refractivity contribution in [1.29, 1.82) is 0 Å². The van der Waals surface area contributed by atoms with E-state index < -0.39 is 0 Å². The molecule has 2 heterocycles. The lowest BCUT2D eigenvalue weighted by Crippen LogP contribution is -2.31. The fourth-order valence-corrected chi connectivity index (χ4v) is 3.19. The highest BCUT2D eigenvalue weighted by Gasteiger charge is 2.38. The van der Waals surface area contributed by atoms with Crippen LogP contribution in [0.3, 0.4) is 0 Å². The number of furan rings is 1. The molecular formula is C15H17N3O2S. The van der Waals surface area contributed by atoms with Gasteiger partial charge < -0.3 is 9.32 Å². The highest BCUT2D eigenvalue weighted by Crippen LogP contribution is 2.47. The Kier molecular flexibility index (Phi) is 3.06. The maximum atomic E-state index is 12.5. The molecule has 6 heteroatoms. The third-order valence-electron chi connectivity index (χ3n) is 4.30. The van der Waals surface area contributed by atoms with Crippen molar-refractivity contribution in [3.8, 4) is 0 Å². The molecule has 2 atom stereocenters. The van der Waals surface area contributed by atoms with Gasteiger partial charge in [0.2, 0.25) is 0 Å². The van der Waals surface area contributed by atoms with Crippen molar-refractivity contribution in [1.82, 2.24) is 14.5 Å². The van der Waals surface area contributed by atoms with Crippen LogP contribution in [0, 0.1) is 5.92 Å². The summed E-state index contributed by atoms with van der Waals surface area (Å²) >= 11 is 1.15. The smallest absolute Gasteiger partial charge is 0.267 e. The summed E-state index contributed by atoms with van der Waals surface area (Å²) in [5.74, 6) is 3.27. The Morgan fingerprint density at radius 1 is 1.48 bits per heavy atom. The average Bonchev–Trinajstić information content (AvgIpc) is 3.32. The highest BCUT2D eigenvalue weighted by molar-refractivity contribution is 7.07. The van der Waals surface area contributed by atoms with Crippen molar-refractivity contribution in [3.63, 3.8) is 0 Å². The van der Waals surface area contributed by atoms with Crippen LogP contribution in [0.1, 0.15) is 53.3 Å². The lowest BCUT2D eigenvalue weighted by molar-refractivity contribution is 0.0721. The van der Waals surface area contributed by atoms with Gasteiger partial charge in [-0.25, -0.2) is 0 Å². The number of aromatic nitrogens is 2. The second kappa shape index (κ2) is 4.94. The van der Waals surface area contributed by atoms with Gasteiger partial charge in [0.15, 0.2) is 0 Å². The standard InChI is InChI=1S/C15H17N3O2S/c1-9-6-12(9)13-5-4-11(20-13)8-18(10-2-3-10)15(19)14-7-16-17-21-14/h4-5,7,9-10,12H,2-3,6,8H2,1H3. The lowest BCUT2D eigenvalue weighted by Gasteiger charge is -2.20. The first-order valence-corrected chi connectivity index (χ1v) is 8.16. The third-order valence-corrected chi connectivity index (χ3v) is 4.96. The van der Waals surface area contributed by atoms with Gasteiger partial charge in [-0.2, -0.15) is 0 Å². The van der Waals surface area contributed by atoms with E-state index in [0.29, 0.717) is 23.4 Å². The molecule has 2 aromatic heterocycles. The first-order valence-electron chi connectivity index (χ1n) is 7.39. The largest absolute Gasteiger partial charge is 0.464 e. The van der Waals surface area contributed by atoms with Gasteiger partial charge in [0.1, 0.15) is 16.4 Å². The van der Waals surface area contributed by atoms with E-state index in [1.54, 1.807) is 6.20 Å². The van der Waals surface area contributed by atoms with Crippen LogP contribution >= 0.6 is 11.5 Å². The molecule has 0 spiro atoms. The Morgan fingerprint density at radius 3 is 2.90 bits per heavy atom. The molecule has 2 saturated carbocycles. The van der Waals surface area contributed by atoms with Crippen molar-refractivity contribution < 1.29 is 9.21 Å². The molecule has 0 aliphatic heterocycles. The van der Waals surface area contributed by atoms with Gasteiger partial charge in [-0.1, -0.05) is 11.4 Å². The Hall–Kier alpha value is -1.69. The molecule has 2 unspecified atom stereocenters. The molecule has 2 aliphatic carbocycles. The van der Waals surface area contributed by atoms with Crippen LogP contribution in [0.15, 0.2) is 22.7 Å². The Bertz CT molecular complexity index is 648. The van der Waals surface area contributed by atoms with E-state index in [1.165, 1.54) is 6.42 Å². The van der Waals surface area contributed by atoms with E-state index in [9.17, 15) is 4.79 Å². The highest BCUT2D eigenvalue weighted by atomic mass is 32.1. The zero-order valence-electron chi connectivity index (χ0n) is 11.9. The van der Waals surface area contributed by atoms with E-state index >= 15 is 0 Å². The lowest BCUT2D eigenvalue weighted by atomic mass is 10.3. The maximum Gasteiger partial charge on any atom is 0.267 e. The van der Waals surface area contributed by atoms with Gasteiger partial charge in [0.05, 0.1) is 12.7 Å². The predicted octanol–water partition coefficient (Wildman–Crippen LogP) is 3.06. The topological polar surface area (TPSA) is 59.2 Å². The van der Waals surface area contributed by atoms with Crippen molar-refractivity contribution in [2.45, 2.75) is 44.7 Å². The van der Waals surface area contributed by atoms with E-state index in [4.69, 9.17) is 4.42 Å². The number of carbonyl (C=O) groups is 1. The fraction of sp³-hybridized carbons (Fsp3) is 0.533. The summed E-state index contributed by atoms with van der Waals surface area (Å²) in [5.41, 5.74) is 0. The Balaban J connectivity index is 1.50. The molecule has 2 aliphatic rings. The van der Waals surface area contributed by atoms with Crippen molar-refractivity contribution in [2.75, 3.05) is 0 Å². The quantitative estimate of drug-likeness (QED) is 0.851. The predicted molar refractivity (Wildman–Crippen MR) is 78.0 cm³/mol. The van der Waals surface area contributed by atoms with Crippen LogP contribution in [0.25, 0.3) is 0 Å². The summed E-state index contributed by atoms with van der Waals surface area (Å²) in [6, 6.07) is 4.41. The second-order valence-electron chi connectivity index (χ2n) is 6.07. The number of hydrogen-bond donors (Lipinski definition) is 0. The monoisotopic (exact) mass is 303 g/mol. The molecule has 21 heavy (non-hydrogen) atoms. The zero-order valence-corrected chi connectivity index (χ0v) is 12.7. The van der Waals surface area contributed by atoms with Gasteiger partial charge in [-0.3, -0.25) is 4.79 Å². The minimum absolute atomic E-state index is 0.0187. The molecule has 0 bridgehead atoms. The zero-order chi connectivity index (χ0) is 14.4. The van der Waals surface area contributed by atoms with Gasteiger partial charge in [0.25, 0.3) is 5.91 Å². The molecular weight excluding hydrogens is 286 g/mol. The summed E-state index contributed by atoms with van der Waals surface area (Å²) in [4.78, 5) is 15.0. The van der Waals surface area contributed by atoms with Gasteiger partial charge >= 0.3 is 0 Å². The maximum absolute atomic E-state index is 12.5. The minimum Gasteiger partial charge on any atom is -0.464 e. The molecule has 5 nitrogen and oxygen atoms in total. The number of nitrogens with zero attached hydrogens (tertiary/aromatic N) is 3. The SMILES string of the molecule is CC1CC1c1ccc(CN(C(=O)c2cnns2)C2CC2)o1. The number of amides is 1. The molecule has 4 rings (SSSR count). The molecule has 2 fully saturated rings. The van der Waals surface area contributed by atoms with Gasteiger partial charge in [-0.05, 0) is 48.8 Å². The minimum atomic E-state index is 0.0187. The molecule has 2 aromatic rings. The van der Waals surface area contributed by atoms with Crippen molar-refractivity contribution >= 4 is 17.4 Å². The van der Waals surface area contributed by atoms with Gasteiger partial charge in [0, 0.05) is 12.0 Å². The van der Waals surface area contributed by atoms with E-state index in [0.717, 1.165) is 41.8 Å². The Labute approximate surface area is 127 Å². The van der Waals surface area contributed by atoms with Crippen LogP contribution in [0.5, 0.6) is 0 Å². The van der Waals surface area contributed by atoms with Crippen LogP contribution in [0.4, 0.5) is 0 Å². The third kappa shape index (κ3) is 2.60. The molecule has 0 aromatic carbocycles. The second-order valence-corrected chi connectivity index (χ2v) is 6.86. The van der Waals surface area contributed by atoms with E-state index in [1.807, 2.05) is 11.0 Å². The normalized spacial score (nSPS) is 24.0. The van der Waals surface area contributed by atoms with Crippen LogP contribution in [-0.2, 0) is 6.54 Å². The van der Waals surface area contributed by atoms with Crippen molar-refractivity contribution in [2.24, 2.45) is 5.92 Å². The first-order chi connectivity index (χ1) is 10.2. The fourth-order valence-electron chi connectivity index (χ4n) is 2.72. The molecule has 0 saturated heterocycles. The summed E-state index contributed by atoms with van der Waals surface area (Å²) in [6.07, 6.45) is 4.91. The van der Waals surface area contributed by atoms with E-state index in [2.05, 4.69) is 22.6 Å². The van der Waals surface area contributed by atoms with Gasteiger partial charge in [-0.15, -0.1) is 5.10 Å². The van der Waals surface area contributed by atoms with Crippen molar-refractivity contribution in [3.05, 3.63) is 34.7 Å². The van der Waals surface area contributed by atoms with E-state index in [-0.39, 0.29) is 5.91 Å². The molecule has 1 amide bonds. The van der Waals surface area contributed by atoms with Crippen LogP contribution in [-0.4, -0.2) is 26.4 Å².